The number of benzene rings is 2. The van der Waals surface area contributed by atoms with Gasteiger partial charge in [-0.15, -0.1) is 0 Å². The summed E-state index contributed by atoms with van der Waals surface area (Å²) in [5, 5.41) is 8.98. The number of halogens is 1. The molecule has 2 heterocycles. The Morgan fingerprint density at radius 1 is 1.17 bits per heavy atom. The average molecular weight is 307 g/mol. The highest BCUT2D eigenvalue weighted by Gasteiger charge is 2.12. The van der Waals surface area contributed by atoms with Crippen molar-refractivity contribution in [2.45, 2.75) is 19.4 Å². The minimum absolute atomic E-state index is 0.237. The topological polar surface area (TPSA) is 29.9 Å². The Bertz CT molecular complexity index is 877. The molecule has 116 valence electrons. The lowest BCUT2D eigenvalue weighted by molar-refractivity contribution is 0.620. The van der Waals surface area contributed by atoms with Crippen molar-refractivity contribution in [1.82, 2.24) is 15.1 Å². The number of rotatable bonds is 2. The van der Waals surface area contributed by atoms with Gasteiger partial charge in [-0.05, 0) is 67.4 Å². The second kappa shape index (κ2) is 5.63. The molecule has 23 heavy (non-hydrogen) atoms. The van der Waals surface area contributed by atoms with Crippen molar-refractivity contribution in [3.63, 3.8) is 0 Å². The van der Waals surface area contributed by atoms with Crippen LogP contribution in [0.25, 0.3) is 22.2 Å². The molecular formula is C19H18FN3. The molecule has 0 spiro atoms. The molecule has 3 aromatic rings. The predicted octanol–water partition coefficient (Wildman–Crippen LogP) is 3.93. The average Bonchev–Trinajstić information content (AvgIpc) is 2.99. The van der Waals surface area contributed by atoms with Gasteiger partial charge in [0.15, 0.2) is 0 Å². The van der Waals surface area contributed by atoms with Gasteiger partial charge >= 0.3 is 0 Å². The van der Waals surface area contributed by atoms with Gasteiger partial charge in [0.05, 0.1) is 17.4 Å². The van der Waals surface area contributed by atoms with Crippen LogP contribution in [0, 0.1) is 5.82 Å². The summed E-state index contributed by atoms with van der Waals surface area (Å²) in [5.41, 5.74) is 4.53. The highest BCUT2D eigenvalue weighted by atomic mass is 19.1. The highest BCUT2D eigenvalue weighted by Crippen LogP contribution is 2.26. The molecular weight excluding hydrogens is 289 g/mol. The molecule has 2 aromatic carbocycles. The van der Waals surface area contributed by atoms with Gasteiger partial charge in [-0.25, -0.2) is 9.07 Å². The summed E-state index contributed by atoms with van der Waals surface area (Å²) < 4.78 is 14.9. The van der Waals surface area contributed by atoms with Gasteiger partial charge in [0.1, 0.15) is 5.82 Å². The molecule has 0 saturated carbocycles. The van der Waals surface area contributed by atoms with Crippen LogP contribution in [-0.2, 0) is 0 Å². The molecule has 0 amide bonds. The molecule has 1 aliphatic heterocycles. The zero-order chi connectivity index (χ0) is 15.8. The van der Waals surface area contributed by atoms with E-state index in [0.717, 1.165) is 29.6 Å². The van der Waals surface area contributed by atoms with Crippen LogP contribution in [0.4, 0.5) is 4.39 Å². The first kappa shape index (κ1) is 14.2. The normalized spacial score (nSPS) is 18.2. The quantitative estimate of drug-likeness (QED) is 0.777. The number of hydrogen-bond acceptors (Lipinski definition) is 2. The molecule has 1 aromatic heterocycles. The largest absolute Gasteiger partial charge is 0.310 e. The van der Waals surface area contributed by atoms with E-state index in [9.17, 15) is 4.39 Å². The van der Waals surface area contributed by atoms with Crippen LogP contribution in [0.1, 0.15) is 18.9 Å². The SMILES string of the molecule is C[C@@H]1C=C(c2ccc3c(cnn3-c3ccc(F)cc3)c2)CCN1. The number of aromatic nitrogens is 2. The first-order chi connectivity index (χ1) is 11.2. The Kier molecular flexibility index (Phi) is 3.46. The fourth-order valence-electron chi connectivity index (χ4n) is 3.14. The van der Waals surface area contributed by atoms with Crippen LogP contribution < -0.4 is 5.32 Å². The third kappa shape index (κ3) is 2.66. The second-order valence-corrected chi connectivity index (χ2v) is 5.99. The summed E-state index contributed by atoms with van der Waals surface area (Å²) in [7, 11) is 0. The van der Waals surface area contributed by atoms with Crippen LogP contribution in [0.15, 0.2) is 54.7 Å². The number of nitrogens with one attached hydrogen (secondary N) is 1. The predicted molar refractivity (Wildman–Crippen MR) is 91.1 cm³/mol. The highest BCUT2D eigenvalue weighted by molar-refractivity contribution is 5.85. The van der Waals surface area contributed by atoms with Gasteiger partial charge in [-0.2, -0.15) is 5.10 Å². The minimum Gasteiger partial charge on any atom is -0.310 e. The maximum Gasteiger partial charge on any atom is 0.123 e. The summed E-state index contributed by atoms with van der Waals surface area (Å²) >= 11 is 0. The van der Waals surface area contributed by atoms with Crippen LogP contribution in [0.5, 0.6) is 0 Å². The fourth-order valence-corrected chi connectivity index (χ4v) is 3.14. The van der Waals surface area contributed by atoms with Gasteiger partial charge in [-0.3, -0.25) is 0 Å². The van der Waals surface area contributed by atoms with Crippen molar-refractivity contribution >= 4 is 16.5 Å². The van der Waals surface area contributed by atoms with Crippen molar-refractivity contribution in [3.8, 4) is 5.69 Å². The van der Waals surface area contributed by atoms with Gasteiger partial charge in [0.25, 0.3) is 0 Å². The van der Waals surface area contributed by atoms with Crippen molar-refractivity contribution in [2.75, 3.05) is 6.54 Å². The zero-order valence-electron chi connectivity index (χ0n) is 13.0. The second-order valence-electron chi connectivity index (χ2n) is 5.99. The zero-order valence-corrected chi connectivity index (χ0v) is 13.0. The van der Waals surface area contributed by atoms with Crippen LogP contribution in [0.2, 0.25) is 0 Å². The van der Waals surface area contributed by atoms with E-state index in [1.54, 1.807) is 12.1 Å². The standard InChI is InChI=1S/C19H18FN3/c1-13-10-15(8-9-21-13)14-2-7-19-16(11-14)12-22-23(19)18-5-3-17(20)4-6-18/h2-7,10-13,21H,8-9H2,1H3/t13-/m1/s1. The molecule has 1 N–H and O–H groups in total. The van der Waals surface area contributed by atoms with E-state index >= 15 is 0 Å². The molecule has 0 radical (unpaired) electrons. The Balaban J connectivity index is 1.76. The van der Waals surface area contributed by atoms with Crippen LogP contribution in [0.3, 0.4) is 0 Å². The lowest BCUT2D eigenvalue weighted by atomic mass is 9.97. The summed E-state index contributed by atoms with van der Waals surface area (Å²) in [6.07, 6.45) is 5.20. The first-order valence-electron chi connectivity index (χ1n) is 7.89. The summed E-state index contributed by atoms with van der Waals surface area (Å²) in [6, 6.07) is 13.2. The van der Waals surface area contributed by atoms with Gasteiger partial charge in [0.2, 0.25) is 0 Å². The summed E-state index contributed by atoms with van der Waals surface area (Å²) in [4.78, 5) is 0. The van der Waals surface area contributed by atoms with E-state index in [-0.39, 0.29) is 5.82 Å². The molecule has 1 aliphatic rings. The fraction of sp³-hybridized carbons (Fsp3) is 0.211. The molecule has 1 atom stereocenters. The molecule has 0 bridgehead atoms. The monoisotopic (exact) mass is 307 g/mol. The van der Waals surface area contributed by atoms with E-state index in [0.29, 0.717) is 6.04 Å². The molecule has 4 heteroatoms. The number of fused-ring (bicyclic) bond motifs is 1. The Morgan fingerprint density at radius 2 is 2.00 bits per heavy atom. The molecule has 4 rings (SSSR count). The first-order valence-corrected chi connectivity index (χ1v) is 7.89. The minimum atomic E-state index is -0.237. The van der Waals surface area contributed by atoms with Crippen molar-refractivity contribution in [1.29, 1.82) is 0 Å². The Morgan fingerprint density at radius 3 is 2.78 bits per heavy atom. The van der Waals surface area contributed by atoms with Crippen molar-refractivity contribution in [2.24, 2.45) is 0 Å². The summed E-state index contributed by atoms with van der Waals surface area (Å²) in [6.45, 7) is 3.18. The summed E-state index contributed by atoms with van der Waals surface area (Å²) in [5.74, 6) is -0.237. The molecule has 0 saturated heterocycles. The van der Waals surface area contributed by atoms with Gasteiger partial charge in [0, 0.05) is 11.4 Å². The van der Waals surface area contributed by atoms with E-state index in [4.69, 9.17) is 0 Å². The number of hydrogen-bond donors (Lipinski definition) is 1. The van der Waals surface area contributed by atoms with Crippen LogP contribution in [-0.4, -0.2) is 22.4 Å². The Hall–Kier alpha value is -2.46. The van der Waals surface area contributed by atoms with E-state index in [2.05, 4.69) is 41.6 Å². The van der Waals surface area contributed by atoms with Gasteiger partial charge in [-0.1, -0.05) is 12.1 Å². The van der Waals surface area contributed by atoms with E-state index in [1.165, 1.54) is 23.3 Å². The van der Waals surface area contributed by atoms with E-state index < -0.39 is 0 Å². The lowest BCUT2D eigenvalue weighted by Crippen LogP contribution is -2.29. The van der Waals surface area contributed by atoms with Crippen molar-refractivity contribution in [3.05, 3.63) is 66.1 Å². The molecule has 0 fully saturated rings. The van der Waals surface area contributed by atoms with Crippen LogP contribution >= 0.6 is 0 Å². The Labute approximate surface area is 134 Å². The van der Waals surface area contributed by atoms with Gasteiger partial charge < -0.3 is 5.32 Å². The number of nitrogens with zero attached hydrogens (tertiary/aromatic N) is 2. The smallest absolute Gasteiger partial charge is 0.123 e. The lowest BCUT2D eigenvalue weighted by Gasteiger charge is -2.19. The molecule has 0 aliphatic carbocycles. The third-order valence-corrected chi connectivity index (χ3v) is 4.32. The van der Waals surface area contributed by atoms with Crippen molar-refractivity contribution < 1.29 is 4.39 Å². The maximum atomic E-state index is 13.1. The third-order valence-electron chi connectivity index (χ3n) is 4.32. The molecule has 0 unspecified atom stereocenters. The molecule has 3 nitrogen and oxygen atoms in total. The van der Waals surface area contributed by atoms with E-state index in [1.807, 2.05) is 10.9 Å². The maximum absolute atomic E-state index is 13.1.